The van der Waals surface area contributed by atoms with Gasteiger partial charge in [0.15, 0.2) is 12.3 Å². The Balaban J connectivity index is 1.59. The number of carbonyl (C=O) groups is 1. The lowest BCUT2D eigenvalue weighted by atomic mass is 10.0. The quantitative estimate of drug-likeness (QED) is 0.191. The fourth-order valence-electron chi connectivity index (χ4n) is 3.75. The SMILES string of the molecule is CC(C)OC(=O)[C@H](C)/C=C/[P@](=O)(OCC12OC1C(F)(C#CCl)[C@H](n1cnc(=O)[nH]c1=O)O2)Oc1ccccc1. The number of nitrogens with zero attached hydrogens (tertiary/aromatic N) is 2. The molecule has 208 valence electrons. The van der Waals surface area contributed by atoms with Crippen LogP contribution in [-0.2, 0) is 28.1 Å². The van der Waals surface area contributed by atoms with Gasteiger partial charge in [-0.15, -0.1) is 0 Å². The Morgan fingerprint density at radius 1 is 1.31 bits per heavy atom. The first-order valence-electron chi connectivity index (χ1n) is 11.6. The van der Waals surface area contributed by atoms with Crippen LogP contribution in [0.15, 0.2) is 58.1 Å². The highest BCUT2D eigenvalue weighted by molar-refractivity contribution is 7.57. The predicted molar refractivity (Wildman–Crippen MR) is 134 cm³/mol. The van der Waals surface area contributed by atoms with Crippen molar-refractivity contribution >= 4 is 25.2 Å². The van der Waals surface area contributed by atoms with Crippen LogP contribution in [0.3, 0.4) is 0 Å². The van der Waals surface area contributed by atoms with Crippen LogP contribution >= 0.6 is 19.2 Å². The highest BCUT2D eigenvalue weighted by atomic mass is 35.5. The third-order valence-corrected chi connectivity index (χ3v) is 7.24. The van der Waals surface area contributed by atoms with Crippen LogP contribution in [-0.4, -0.2) is 50.8 Å². The van der Waals surface area contributed by atoms with Crippen molar-refractivity contribution in [1.29, 1.82) is 0 Å². The molecule has 2 fully saturated rings. The summed E-state index contributed by atoms with van der Waals surface area (Å²) in [5.74, 6) is 0.228. The lowest BCUT2D eigenvalue weighted by Gasteiger charge is -2.25. The lowest BCUT2D eigenvalue weighted by Crippen LogP contribution is -2.43. The maximum absolute atomic E-state index is 16.0. The van der Waals surface area contributed by atoms with Gasteiger partial charge >= 0.3 is 24.9 Å². The molecule has 0 radical (unpaired) electrons. The molecule has 3 unspecified atom stereocenters. The standard InChI is InChI=1S/C24H24ClFN3O9P/c1-15(2)35-18(30)16(3)9-12-39(33,38-17-7-5-4-6-8-17)34-13-24-19(36-24)23(26,10-11-25)20(37-24)29-14-27-21(31)28-22(29)32/h4-9,12,14-16,19-20H,13H2,1-3H3,(H,28,31,32)/b12-9+/t16-,19?,20-,23?,24?,39+/m1/s1. The second-order valence-electron chi connectivity index (χ2n) is 8.99. The number of H-pyrrole nitrogens is 1. The molecular formula is C24H24ClFN3O9P. The molecule has 2 aromatic rings. The summed E-state index contributed by atoms with van der Waals surface area (Å²) in [6, 6.07) is 8.09. The zero-order chi connectivity index (χ0) is 28.4. The first kappa shape index (κ1) is 28.7. The Morgan fingerprint density at radius 3 is 2.67 bits per heavy atom. The van der Waals surface area contributed by atoms with Crippen molar-refractivity contribution in [3.05, 3.63) is 69.5 Å². The topological polar surface area (TPSA) is 151 Å². The molecule has 0 amide bonds. The summed E-state index contributed by atoms with van der Waals surface area (Å²) >= 11 is 5.47. The number of ether oxygens (including phenoxy) is 3. The Bertz CT molecular complexity index is 1490. The number of esters is 1. The van der Waals surface area contributed by atoms with Crippen LogP contribution in [0.5, 0.6) is 5.75 Å². The number of rotatable bonds is 10. The highest BCUT2D eigenvalue weighted by Gasteiger charge is 2.79. The van der Waals surface area contributed by atoms with Gasteiger partial charge in [-0.2, -0.15) is 4.98 Å². The van der Waals surface area contributed by atoms with Crippen molar-refractivity contribution < 1.29 is 37.0 Å². The van der Waals surface area contributed by atoms with Crippen molar-refractivity contribution in [2.24, 2.45) is 5.92 Å². The number of alkyl halides is 1. The van der Waals surface area contributed by atoms with Gasteiger partial charge < -0.3 is 18.7 Å². The van der Waals surface area contributed by atoms with Crippen LogP contribution in [0.1, 0.15) is 27.0 Å². The first-order valence-corrected chi connectivity index (χ1v) is 13.6. The molecule has 15 heteroatoms. The van der Waals surface area contributed by atoms with Crippen molar-refractivity contribution in [3.8, 4) is 17.0 Å². The molecule has 12 nitrogen and oxygen atoms in total. The number of para-hydroxylation sites is 1. The van der Waals surface area contributed by atoms with Crippen molar-refractivity contribution in [2.75, 3.05) is 6.61 Å². The van der Waals surface area contributed by atoms with Crippen LogP contribution < -0.4 is 15.9 Å². The van der Waals surface area contributed by atoms with Crippen LogP contribution in [0.25, 0.3) is 0 Å². The largest absolute Gasteiger partial charge is 0.463 e. The number of epoxide rings is 1. The maximum Gasteiger partial charge on any atom is 0.403 e. The van der Waals surface area contributed by atoms with Crippen LogP contribution in [0.2, 0.25) is 0 Å². The minimum atomic E-state index is -4.16. The van der Waals surface area contributed by atoms with E-state index in [1.807, 2.05) is 10.4 Å². The van der Waals surface area contributed by atoms with E-state index in [1.54, 1.807) is 32.0 Å². The Labute approximate surface area is 226 Å². The van der Waals surface area contributed by atoms with Crippen molar-refractivity contribution in [2.45, 2.75) is 50.7 Å². The predicted octanol–water partition coefficient (Wildman–Crippen LogP) is 2.85. The number of hydrogen-bond donors (Lipinski definition) is 1. The van der Waals surface area contributed by atoms with Gasteiger partial charge in [-0.05, 0) is 50.4 Å². The molecule has 2 saturated heterocycles. The monoisotopic (exact) mass is 583 g/mol. The summed E-state index contributed by atoms with van der Waals surface area (Å²) in [7, 11) is -4.16. The van der Waals surface area contributed by atoms with E-state index in [1.165, 1.54) is 25.1 Å². The minimum Gasteiger partial charge on any atom is -0.463 e. The van der Waals surface area contributed by atoms with E-state index in [0.29, 0.717) is 4.57 Å². The number of aromatic amines is 1. The van der Waals surface area contributed by atoms with Crippen molar-refractivity contribution in [3.63, 3.8) is 0 Å². The molecule has 1 aromatic carbocycles. The van der Waals surface area contributed by atoms with E-state index in [-0.39, 0.29) is 11.9 Å². The lowest BCUT2D eigenvalue weighted by molar-refractivity contribution is -0.164. The van der Waals surface area contributed by atoms with E-state index in [9.17, 15) is 18.9 Å². The number of carbonyl (C=O) groups excluding carboxylic acids is 1. The van der Waals surface area contributed by atoms with E-state index in [2.05, 4.69) is 10.9 Å². The Hall–Kier alpha value is -3.27. The Morgan fingerprint density at radius 2 is 2.03 bits per heavy atom. The average molecular weight is 584 g/mol. The minimum absolute atomic E-state index is 0.192. The third-order valence-electron chi connectivity index (χ3n) is 5.65. The smallest absolute Gasteiger partial charge is 0.403 e. The molecule has 4 rings (SSSR count). The number of fused-ring (bicyclic) bond motifs is 1. The molecule has 6 atom stereocenters. The molecule has 1 aromatic heterocycles. The number of aromatic nitrogens is 3. The summed E-state index contributed by atoms with van der Waals surface area (Å²) in [6.07, 6.45) is -1.40. The molecule has 0 spiro atoms. The first-order chi connectivity index (χ1) is 18.4. The van der Waals surface area contributed by atoms with E-state index in [0.717, 1.165) is 12.1 Å². The molecule has 0 aliphatic carbocycles. The zero-order valence-electron chi connectivity index (χ0n) is 20.9. The summed E-state index contributed by atoms with van der Waals surface area (Å²) in [6.45, 7) is 4.29. The maximum atomic E-state index is 16.0. The van der Waals surface area contributed by atoms with Gasteiger partial charge in [0.05, 0.1) is 12.0 Å². The van der Waals surface area contributed by atoms with Gasteiger partial charge in [-0.25, -0.2) is 18.5 Å². The van der Waals surface area contributed by atoms with E-state index in [4.69, 9.17) is 34.9 Å². The average Bonchev–Trinajstić information content (AvgIpc) is 3.55. The summed E-state index contributed by atoms with van der Waals surface area (Å²) < 4.78 is 57.9. The van der Waals surface area contributed by atoms with Gasteiger partial charge in [-0.3, -0.25) is 18.9 Å². The second kappa shape index (κ2) is 11.1. The molecule has 1 N–H and O–H groups in total. The summed E-state index contributed by atoms with van der Waals surface area (Å²) in [4.78, 5) is 41.2. The normalized spacial score (nSPS) is 27.7. The molecule has 2 aliphatic heterocycles. The van der Waals surface area contributed by atoms with Gasteiger partial charge in [0, 0.05) is 11.2 Å². The van der Waals surface area contributed by atoms with Crippen molar-refractivity contribution in [1.82, 2.24) is 14.5 Å². The highest BCUT2D eigenvalue weighted by Crippen LogP contribution is 2.61. The number of hydrogen-bond acceptors (Lipinski definition) is 10. The molecule has 0 bridgehead atoms. The van der Waals surface area contributed by atoms with Gasteiger partial charge in [0.1, 0.15) is 18.7 Å². The van der Waals surface area contributed by atoms with Gasteiger partial charge in [-0.1, -0.05) is 24.3 Å². The number of halogens is 2. The molecule has 0 saturated carbocycles. The number of benzene rings is 1. The van der Waals surface area contributed by atoms with Gasteiger partial charge in [0.25, 0.3) is 0 Å². The molecule has 39 heavy (non-hydrogen) atoms. The summed E-state index contributed by atoms with van der Waals surface area (Å²) in [5.41, 5.74) is -4.62. The van der Waals surface area contributed by atoms with E-state index < -0.39 is 61.3 Å². The number of nitrogens with one attached hydrogen (secondary N) is 1. The molecular weight excluding hydrogens is 560 g/mol. The Kier molecular flexibility index (Phi) is 8.16. The fourth-order valence-corrected chi connectivity index (χ4v) is 5.34. The zero-order valence-corrected chi connectivity index (χ0v) is 22.6. The van der Waals surface area contributed by atoms with Gasteiger partial charge in [0.2, 0.25) is 11.5 Å². The summed E-state index contributed by atoms with van der Waals surface area (Å²) in [5, 5.41) is 1.92. The van der Waals surface area contributed by atoms with Crippen LogP contribution in [0, 0.1) is 17.2 Å². The molecule has 3 heterocycles. The second-order valence-corrected chi connectivity index (χ2v) is 11.0. The molecule has 2 aliphatic rings. The third kappa shape index (κ3) is 6.16. The van der Waals surface area contributed by atoms with E-state index >= 15 is 4.39 Å². The fraction of sp³-hybridized carbons (Fsp3) is 0.417. The van der Waals surface area contributed by atoms with Crippen LogP contribution in [0.4, 0.5) is 4.39 Å².